The van der Waals surface area contributed by atoms with Crippen LogP contribution in [0.25, 0.3) is 0 Å². The first-order valence-electron chi connectivity index (χ1n) is 10.5. The second-order valence-electron chi connectivity index (χ2n) is 9.20. The van der Waals surface area contributed by atoms with Crippen molar-refractivity contribution < 1.29 is 36.2 Å². The number of nitrogens with zero attached hydrogens (tertiary/aromatic N) is 2. The molecule has 2 aliphatic carbocycles. The average Bonchev–Trinajstić information content (AvgIpc) is 3.54. The fraction of sp³-hybridized carbons (Fsp3) is 0.947. The predicted octanol–water partition coefficient (Wildman–Crippen LogP) is 2.32. The van der Waals surface area contributed by atoms with Crippen LogP contribution in [0.2, 0.25) is 0 Å². The number of carboxylic acid groups (broad SMARTS) is 1. The molecular weight excluding hydrogens is 425 g/mol. The lowest BCUT2D eigenvalue weighted by Gasteiger charge is -2.38. The van der Waals surface area contributed by atoms with Gasteiger partial charge in [-0.25, -0.2) is 17.5 Å². The molecule has 1 unspecified atom stereocenters. The number of carbonyl (C=O) groups is 1. The number of likely N-dealkylation sites (tertiary alicyclic amines) is 1. The summed E-state index contributed by atoms with van der Waals surface area (Å²) < 4.78 is 64.2. The molecule has 0 amide bonds. The molecule has 0 aromatic heterocycles. The van der Waals surface area contributed by atoms with Crippen LogP contribution in [-0.2, 0) is 19.6 Å². The fourth-order valence-corrected chi connectivity index (χ4v) is 6.22. The van der Waals surface area contributed by atoms with Gasteiger partial charge in [0.15, 0.2) is 0 Å². The molecule has 0 bridgehead atoms. The van der Waals surface area contributed by atoms with E-state index < -0.39 is 22.2 Å². The van der Waals surface area contributed by atoms with Gasteiger partial charge in [-0.3, -0.25) is 0 Å². The average molecular weight is 457 g/mol. The van der Waals surface area contributed by atoms with Crippen LogP contribution in [-0.4, -0.2) is 86.1 Å². The third-order valence-corrected chi connectivity index (χ3v) is 8.97. The van der Waals surface area contributed by atoms with E-state index in [2.05, 4.69) is 11.9 Å². The van der Waals surface area contributed by atoms with Gasteiger partial charge in [0.2, 0.25) is 10.0 Å². The Labute approximate surface area is 175 Å². The Balaban J connectivity index is 0.000000318. The van der Waals surface area contributed by atoms with Crippen molar-refractivity contribution in [1.82, 2.24) is 9.21 Å². The Kier molecular flexibility index (Phi) is 7.06. The molecule has 0 aromatic carbocycles. The minimum atomic E-state index is -5.08. The molecule has 30 heavy (non-hydrogen) atoms. The van der Waals surface area contributed by atoms with Gasteiger partial charge in [0, 0.05) is 32.3 Å². The van der Waals surface area contributed by atoms with E-state index in [1.165, 1.54) is 19.3 Å². The number of hydrogen-bond acceptors (Lipinski definition) is 5. The number of rotatable bonds is 6. The summed E-state index contributed by atoms with van der Waals surface area (Å²) in [4.78, 5) is 11.3. The van der Waals surface area contributed by atoms with Crippen molar-refractivity contribution >= 4 is 16.0 Å². The van der Waals surface area contributed by atoms with Crippen LogP contribution in [0, 0.1) is 11.3 Å². The van der Waals surface area contributed by atoms with E-state index in [0.717, 1.165) is 64.4 Å². The topological polar surface area (TPSA) is 87.2 Å². The van der Waals surface area contributed by atoms with Gasteiger partial charge in [0.25, 0.3) is 0 Å². The first-order valence-corrected chi connectivity index (χ1v) is 12.0. The lowest BCUT2D eigenvalue weighted by atomic mass is 9.77. The molecule has 4 aliphatic rings. The summed E-state index contributed by atoms with van der Waals surface area (Å²) in [6.07, 6.45) is 2.54. The lowest BCUT2D eigenvalue weighted by molar-refractivity contribution is -0.192. The zero-order valence-corrected chi connectivity index (χ0v) is 18.1. The van der Waals surface area contributed by atoms with Crippen LogP contribution in [0.3, 0.4) is 0 Å². The van der Waals surface area contributed by atoms with Crippen molar-refractivity contribution in [3.05, 3.63) is 0 Å². The summed E-state index contributed by atoms with van der Waals surface area (Å²) in [5.41, 5.74) is 0.317. The molecule has 0 radical (unpaired) electrons. The van der Waals surface area contributed by atoms with E-state index in [0.29, 0.717) is 11.5 Å². The van der Waals surface area contributed by atoms with Crippen molar-refractivity contribution in [2.75, 3.05) is 39.9 Å². The lowest BCUT2D eigenvalue weighted by Crippen LogP contribution is -2.45. The Bertz CT molecular complexity index is 714. The smallest absolute Gasteiger partial charge is 0.475 e. The van der Waals surface area contributed by atoms with Crippen LogP contribution in [0.15, 0.2) is 0 Å². The number of aliphatic carboxylic acids is 1. The summed E-state index contributed by atoms with van der Waals surface area (Å²) in [5.74, 6) is -1.93. The number of carboxylic acids is 1. The zero-order chi connectivity index (χ0) is 22.2. The van der Waals surface area contributed by atoms with Gasteiger partial charge < -0.3 is 14.7 Å². The predicted molar refractivity (Wildman–Crippen MR) is 103 cm³/mol. The van der Waals surface area contributed by atoms with Gasteiger partial charge in [-0.2, -0.15) is 13.2 Å². The molecule has 2 saturated heterocycles. The number of piperidine rings is 1. The maximum absolute atomic E-state index is 12.4. The first-order chi connectivity index (χ1) is 13.9. The van der Waals surface area contributed by atoms with E-state index in [4.69, 9.17) is 14.6 Å². The number of halogens is 3. The minimum Gasteiger partial charge on any atom is -0.475 e. The molecular formula is C19H31F3N2O5S. The molecule has 1 N–H and O–H groups in total. The van der Waals surface area contributed by atoms with Crippen LogP contribution in [0.5, 0.6) is 0 Å². The highest BCUT2D eigenvalue weighted by atomic mass is 32.2. The molecule has 0 aromatic rings. The van der Waals surface area contributed by atoms with E-state index in [1.807, 2.05) is 0 Å². The third-order valence-electron chi connectivity index (χ3n) is 6.57. The van der Waals surface area contributed by atoms with Gasteiger partial charge in [0.05, 0.1) is 11.9 Å². The van der Waals surface area contributed by atoms with Crippen molar-refractivity contribution in [1.29, 1.82) is 0 Å². The number of likely N-dealkylation sites (N-methyl/N-ethyl adjacent to an activating group) is 1. The van der Waals surface area contributed by atoms with Crippen LogP contribution in [0.4, 0.5) is 13.2 Å². The molecule has 2 aliphatic heterocycles. The molecule has 7 nitrogen and oxygen atoms in total. The highest BCUT2D eigenvalue weighted by Crippen LogP contribution is 2.44. The molecule has 2 heterocycles. The van der Waals surface area contributed by atoms with Gasteiger partial charge in [0.1, 0.15) is 0 Å². The van der Waals surface area contributed by atoms with Crippen LogP contribution < -0.4 is 0 Å². The second kappa shape index (κ2) is 8.91. The standard InChI is InChI=1S/C17H30N2O3S.C2HF3O2/c1-18-13-17(10-15(18)12-22-11-14-2-3-14)6-8-19(9-7-17)23(20,21)16-4-5-16;3-2(4,5)1(6)7/h14-16H,2-13H2,1H3;(H,6,7). The molecule has 1 spiro atoms. The molecule has 1 atom stereocenters. The highest BCUT2D eigenvalue weighted by Gasteiger charge is 2.48. The maximum atomic E-state index is 12.4. The van der Waals surface area contributed by atoms with Crippen molar-refractivity contribution in [3.63, 3.8) is 0 Å². The number of alkyl halides is 3. The monoisotopic (exact) mass is 456 g/mol. The second-order valence-corrected chi connectivity index (χ2v) is 11.4. The van der Waals surface area contributed by atoms with Crippen LogP contribution in [0.1, 0.15) is 44.9 Å². The first kappa shape index (κ1) is 23.7. The van der Waals surface area contributed by atoms with Gasteiger partial charge in [-0.15, -0.1) is 0 Å². The fourth-order valence-electron chi connectivity index (χ4n) is 4.37. The van der Waals surface area contributed by atoms with Gasteiger partial charge in [-0.1, -0.05) is 0 Å². The van der Waals surface area contributed by atoms with E-state index >= 15 is 0 Å². The molecule has 11 heteroatoms. The number of ether oxygens (including phenoxy) is 1. The van der Waals surface area contributed by atoms with Gasteiger partial charge in [-0.05, 0) is 63.3 Å². The Morgan fingerprint density at radius 2 is 1.70 bits per heavy atom. The molecule has 4 rings (SSSR count). The van der Waals surface area contributed by atoms with E-state index in [-0.39, 0.29) is 5.25 Å². The van der Waals surface area contributed by atoms with Crippen molar-refractivity contribution in [2.24, 2.45) is 11.3 Å². The normalized spacial score (nSPS) is 27.7. The van der Waals surface area contributed by atoms with Crippen molar-refractivity contribution in [3.8, 4) is 0 Å². The summed E-state index contributed by atoms with van der Waals surface area (Å²) in [6, 6.07) is 0.514. The Hall–Kier alpha value is -0.910. The Morgan fingerprint density at radius 1 is 1.13 bits per heavy atom. The summed E-state index contributed by atoms with van der Waals surface area (Å²) in [7, 11) is -0.782. The molecule has 2 saturated carbocycles. The quantitative estimate of drug-likeness (QED) is 0.660. The van der Waals surface area contributed by atoms with E-state index in [1.54, 1.807) is 4.31 Å². The summed E-state index contributed by atoms with van der Waals surface area (Å²) in [6.45, 7) is 4.33. The van der Waals surface area contributed by atoms with E-state index in [9.17, 15) is 21.6 Å². The largest absolute Gasteiger partial charge is 0.490 e. The number of sulfonamides is 1. The Morgan fingerprint density at radius 3 is 2.17 bits per heavy atom. The third kappa shape index (κ3) is 6.08. The summed E-state index contributed by atoms with van der Waals surface area (Å²) >= 11 is 0. The SMILES string of the molecule is CN1CC2(CCN(S(=O)(=O)C3CC3)CC2)CC1COCC1CC1.O=C(O)C(F)(F)F. The highest BCUT2D eigenvalue weighted by molar-refractivity contribution is 7.90. The summed E-state index contributed by atoms with van der Waals surface area (Å²) in [5, 5.41) is 7.06. The molecule has 4 fully saturated rings. The minimum absolute atomic E-state index is 0.0635. The maximum Gasteiger partial charge on any atom is 0.490 e. The zero-order valence-electron chi connectivity index (χ0n) is 17.2. The van der Waals surface area contributed by atoms with Crippen molar-refractivity contribution in [2.45, 2.75) is 62.4 Å². The molecule has 174 valence electrons. The number of hydrogen-bond donors (Lipinski definition) is 1. The van der Waals surface area contributed by atoms with Gasteiger partial charge >= 0.3 is 12.1 Å². The van der Waals surface area contributed by atoms with Crippen LogP contribution >= 0.6 is 0 Å².